The molecule has 0 spiro atoms. The number of pyridine rings is 1. The number of aromatic nitrogens is 1. The summed E-state index contributed by atoms with van der Waals surface area (Å²) in [5, 5.41) is 2.30. The molecule has 0 saturated carbocycles. The Labute approximate surface area is 134 Å². The van der Waals surface area contributed by atoms with Gasteiger partial charge < -0.3 is 15.0 Å². The third-order valence-corrected chi connectivity index (χ3v) is 3.76. The third kappa shape index (κ3) is 3.12. The molecule has 0 aliphatic carbocycles. The smallest absolute Gasteiger partial charge is 0.417 e. The van der Waals surface area contributed by atoms with Crippen LogP contribution in [-0.2, 0) is 11.0 Å². The fraction of sp³-hybridized carbons (Fsp3) is 0.250. The molecule has 1 atom stereocenters. The van der Waals surface area contributed by atoms with Gasteiger partial charge in [-0.15, -0.1) is 0 Å². The van der Waals surface area contributed by atoms with Crippen molar-refractivity contribution in [3.63, 3.8) is 0 Å². The van der Waals surface area contributed by atoms with E-state index < -0.39 is 34.8 Å². The average Bonchev–Trinajstić information content (AvgIpc) is 2.55. The zero-order valence-corrected chi connectivity index (χ0v) is 12.3. The predicted octanol–water partition coefficient (Wildman–Crippen LogP) is 2.90. The number of nitrogens with one attached hydrogen (secondary N) is 2. The number of ether oxygens (including phenoxy) is 1. The van der Waals surface area contributed by atoms with Crippen molar-refractivity contribution in [2.24, 2.45) is 0 Å². The first-order valence-corrected chi connectivity index (χ1v) is 7.19. The molecule has 24 heavy (non-hydrogen) atoms. The summed E-state index contributed by atoms with van der Waals surface area (Å²) in [6.45, 7) is 0.314. The van der Waals surface area contributed by atoms with Gasteiger partial charge >= 0.3 is 6.18 Å². The molecule has 0 saturated heterocycles. The van der Waals surface area contributed by atoms with Crippen LogP contribution >= 0.6 is 0 Å². The Morgan fingerprint density at radius 2 is 2.04 bits per heavy atom. The van der Waals surface area contributed by atoms with E-state index in [1.165, 1.54) is 0 Å². The molecule has 5 nitrogen and oxygen atoms in total. The predicted molar refractivity (Wildman–Crippen MR) is 80.0 cm³/mol. The van der Waals surface area contributed by atoms with Crippen LogP contribution in [0.3, 0.4) is 0 Å². The van der Waals surface area contributed by atoms with Crippen LogP contribution in [0, 0.1) is 0 Å². The Bertz CT molecular complexity index is 830. The first kappa shape index (κ1) is 16.1. The second-order valence-electron chi connectivity index (χ2n) is 5.35. The molecule has 1 amide bonds. The van der Waals surface area contributed by atoms with Crippen molar-refractivity contribution in [1.82, 2.24) is 4.98 Å². The molecule has 0 fully saturated rings. The van der Waals surface area contributed by atoms with E-state index in [0.717, 1.165) is 0 Å². The highest BCUT2D eigenvalue weighted by Crippen LogP contribution is 2.34. The molecule has 2 N–H and O–H groups in total. The molecule has 2 aromatic rings. The number of benzene rings is 1. The van der Waals surface area contributed by atoms with Crippen LogP contribution < -0.4 is 15.6 Å². The SMILES string of the molecule is O=C(Nc1cc(C(F)(F)F)c[nH]c1=O)C1CCOc2ccccc21. The molecule has 1 aliphatic rings. The molecule has 1 aromatic heterocycles. The van der Waals surface area contributed by atoms with Crippen molar-refractivity contribution < 1.29 is 22.7 Å². The van der Waals surface area contributed by atoms with Gasteiger partial charge in [0.15, 0.2) is 0 Å². The average molecular weight is 338 g/mol. The molecule has 1 aliphatic heterocycles. The summed E-state index contributed by atoms with van der Waals surface area (Å²) in [5.74, 6) is -0.582. The molecular weight excluding hydrogens is 325 g/mol. The number of hydrogen-bond acceptors (Lipinski definition) is 3. The van der Waals surface area contributed by atoms with E-state index in [1.807, 2.05) is 4.98 Å². The summed E-state index contributed by atoms with van der Waals surface area (Å²) in [4.78, 5) is 26.1. The van der Waals surface area contributed by atoms with Crippen molar-refractivity contribution in [1.29, 1.82) is 0 Å². The van der Waals surface area contributed by atoms with Gasteiger partial charge in [-0.05, 0) is 18.6 Å². The molecule has 126 valence electrons. The minimum Gasteiger partial charge on any atom is -0.493 e. The maximum Gasteiger partial charge on any atom is 0.417 e. The number of alkyl halides is 3. The second-order valence-corrected chi connectivity index (χ2v) is 5.35. The minimum atomic E-state index is -4.62. The van der Waals surface area contributed by atoms with Crippen molar-refractivity contribution in [3.05, 3.63) is 58.0 Å². The quantitative estimate of drug-likeness (QED) is 0.884. The Morgan fingerprint density at radius 3 is 2.79 bits per heavy atom. The fourth-order valence-electron chi connectivity index (χ4n) is 2.57. The summed E-state index contributed by atoms with van der Waals surface area (Å²) in [6.07, 6.45) is -3.67. The fourth-order valence-corrected chi connectivity index (χ4v) is 2.57. The molecule has 1 unspecified atom stereocenters. The normalized spacial score (nSPS) is 16.9. The van der Waals surface area contributed by atoms with E-state index in [0.29, 0.717) is 36.6 Å². The van der Waals surface area contributed by atoms with Crippen LogP contribution in [0.1, 0.15) is 23.5 Å². The van der Waals surface area contributed by atoms with Crippen molar-refractivity contribution in [2.45, 2.75) is 18.5 Å². The molecule has 0 bridgehead atoms. The highest BCUT2D eigenvalue weighted by atomic mass is 19.4. The van der Waals surface area contributed by atoms with Crippen LogP contribution in [0.2, 0.25) is 0 Å². The van der Waals surface area contributed by atoms with Gasteiger partial charge in [-0.25, -0.2) is 0 Å². The number of carbonyl (C=O) groups excluding carboxylic acids is 1. The lowest BCUT2D eigenvalue weighted by molar-refractivity contribution is -0.137. The largest absolute Gasteiger partial charge is 0.493 e. The van der Waals surface area contributed by atoms with E-state index >= 15 is 0 Å². The Hall–Kier alpha value is -2.77. The maximum absolute atomic E-state index is 12.7. The van der Waals surface area contributed by atoms with Crippen molar-refractivity contribution in [3.8, 4) is 5.75 Å². The topological polar surface area (TPSA) is 71.2 Å². The number of carbonyl (C=O) groups is 1. The van der Waals surface area contributed by atoms with Gasteiger partial charge in [-0.1, -0.05) is 18.2 Å². The lowest BCUT2D eigenvalue weighted by Crippen LogP contribution is -2.29. The molecular formula is C16H13F3N2O3. The summed E-state index contributed by atoms with van der Waals surface area (Å²) in [6, 6.07) is 7.56. The summed E-state index contributed by atoms with van der Waals surface area (Å²) in [7, 11) is 0. The Morgan fingerprint density at radius 1 is 1.29 bits per heavy atom. The van der Waals surface area contributed by atoms with Gasteiger partial charge in [0.05, 0.1) is 18.1 Å². The molecule has 3 rings (SSSR count). The summed E-state index contributed by atoms with van der Waals surface area (Å²) < 4.78 is 43.7. The second kappa shape index (κ2) is 6.03. The zero-order chi connectivity index (χ0) is 17.3. The number of hydrogen-bond donors (Lipinski definition) is 2. The van der Waals surface area contributed by atoms with Crippen molar-refractivity contribution in [2.75, 3.05) is 11.9 Å². The molecule has 1 aromatic carbocycles. The first-order valence-electron chi connectivity index (χ1n) is 7.19. The molecule has 0 radical (unpaired) electrons. The van der Waals surface area contributed by atoms with Crippen LogP contribution in [0.5, 0.6) is 5.75 Å². The number of para-hydroxylation sites is 1. The minimum absolute atomic E-state index is 0.314. The highest BCUT2D eigenvalue weighted by Gasteiger charge is 2.32. The maximum atomic E-state index is 12.7. The van der Waals surface area contributed by atoms with Crippen LogP contribution in [0.25, 0.3) is 0 Å². The van der Waals surface area contributed by atoms with Gasteiger partial charge in [0.25, 0.3) is 5.56 Å². The first-order chi connectivity index (χ1) is 11.4. The number of aromatic amines is 1. The standard InChI is InChI=1S/C16H13F3N2O3/c17-16(18,19)9-7-12(15(23)20-8-9)21-14(22)11-5-6-24-13-4-2-1-3-10(11)13/h1-4,7-8,11H,5-6H2,(H,20,23)(H,21,22). The van der Waals surface area contributed by atoms with E-state index in [9.17, 15) is 22.8 Å². The van der Waals surface area contributed by atoms with Crippen LogP contribution in [0.15, 0.2) is 41.3 Å². The number of halogens is 3. The number of anilines is 1. The molecule has 8 heteroatoms. The number of fused-ring (bicyclic) bond motifs is 1. The van der Waals surface area contributed by atoms with Crippen LogP contribution in [0.4, 0.5) is 18.9 Å². The number of H-pyrrole nitrogens is 1. The van der Waals surface area contributed by atoms with Gasteiger partial charge in [-0.3, -0.25) is 9.59 Å². The van der Waals surface area contributed by atoms with Gasteiger partial charge in [0, 0.05) is 11.8 Å². The molecule has 2 heterocycles. The summed E-state index contributed by atoms with van der Waals surface area (Å²) >= 11 is 0. The lowest BCUT2D eigenvalue weighted by Gasteiger charge is -2.25. The van der Waals surface area contributed by atoms with Gasteiger partial charge in [0.2, 0.25) is 5.91 Å². The van der Waals surface area contributed by atoms with E-state index in [1.54, 1.807) is 24.3 Å². The zero-order valence-electron chi connectivity index (χ0n) is 12.3. The van der Waals surface area contributed by atoms with Crippen LogP contribution in [-0.4, -0.2) is 17.5 Å². The Kier molecular flexibility index (Phi) is 4.04. The third-order valence-electron chi connectivity index (χ3n) is 3.76. The van der Waals surface area contributed by atoms with Gasteiger partial charge in [-0.2, -0.15) is 13.2 Å². The van der Waals surface area contributed by atoms with Gasteiger partial charge in [0.1, 0.15) is 11.4 Å². The summed E-state index contributed by atoms with van der Waals surface area (Å²) in [5.41, 5.74) is -1.62. The van der Waals surface area contributed by atoms with Crippen molar-refractivity contribution >= 4 is 11.6 Å². The van der Waals surface area contributed by atoms with E-state index in [2.05, 4.69) is 5.32 Å². The number of rotatable bonds is 2. The highest BCUT2D eigenvalue weighted by molar-refractivity contribution is 5.96. The van der Waals surface area contributed by atoms with E-state index in [-0.39, 0.29) is 0 Å². The number of amides is 1. The van der Waals surface area contributed by atoms with E-state index in [4.69, 9.17) is 4.74 Å². The monoisotopic (exact) mass is 338 g/mol. The Balaban J connectivity index is 1.88. The lowest BCUT2D eigenvalue weighted by atomic mass is 9.92.